The monoisotopic (exact) mass is 467 g/mol. The molecule has 0 bridgehead atoms. The molecule has 0 aromatic heterocycles. The first-order valence-electron chi connectivity index (χ1n) is 12.9. The normalized spacial score (nSPS) is 28.5. The predicted octanol–water partition coefficient (Wildman–Crippen LogP) is 3.62. The topological polar surface area (TPSA) is 71.1 Å². The third-order valence-corrected chi connectivity index (χ3v) is 7.72. The Hall–Kier alpha value is -2.38. The third kappa shape index (κ3) is 4.73. The fraction of sp³-hybridized carbons (Fsp3) is 0.630. The Balaban J connectivity index is 1.22. The van der Waals surface area contributed by atoms with Crippen LogP contribution in [-0.2, 0) is 16.1 Å². The van der Waals surface area contributed by atoms with Crippen molar-refractivity contribution >= 4 is 11.8 Å². The minimum Gasteiger partial charge on any atom is -0.489 e. The highest BCUT2D eigenvalue weighted by Crippen LogP contribution is 2.34. The van der Waals surface area contributed by atoms with Gasteiger partial charge in [0.15, 0.2) is 0 Å². The second-order valence-corrected chi connectivity index (χ2v) is 10.5. The molecule has 5 rings (SSSR count). The molecule has 34 heavy (non-hydrogen) atoms. The van der Waals surface area contributed by atoms with Gasteiger partial charge in [-0.2, -0.15) is 0 Å². The summed E-state index contributed by atoms with van der Waals surface area (Å²) in [4.78, 5) is 29.7. The van der Waals surface area contributed by atoms with Crippen LogP contribution in [0, 0.1) is 0 Å². The Kier molecular flexibility index (Phi) is 6.67. The minimum absolute atomic E-state index is 0.0700. The van der Waals surface area contributed by atoms with Gasteiger partial charge in [0.1, 0.15) is 17.9 Å². The van der Waals surface area contributed by atoms with Crippen LogP contribution in [0.3, 0.4) is 0 Å². The van der Waals surface area contributed by atoms with Gasteiger partial charge in [-0.25, -0.2) is 0 Å². The summed E-state index contributed by atoms with van der Waals surface area (Å²) in [7, 11) is 0. The number of fused-ring (bicyclic) bond motifs is 1. The zero-order valence-corrected chi connectivity index (χ0v) is 20.4. The number of carbonyl (C=O) groups is 2. The molecular formula is C27H37N3O4. The summed E-state index contributed by atoms with van der Waals surface area (Å²) in [6.07, 6.45) is 7.72. The van der Waals surface area contributed by atoms with Crippen molar-refractivity contribution in [3.05, 3.63) is 41.6 Å². The van der Waals surface area contributed by atoms with Crippen LogP contribution in [0.1, 0.15) is 74.7 Å². The lowest BCUT2D eigenvalue weighted by Gasteiger charge is -2.38. The Morgan fingerprint density at radius 1 is 1.09 bits per heavy atom. The number of ether oxygens (including phenoxy) is 2. The van der Waals surface area contributed by atoms with Crippen LogP contribution in [0.25, 0.3) is 0 Å². The van der Waals surface area contributed by atoms with Crippen LogP contribution in [0.5, 0.6) is 5.75 Å². The number of amides is 2. The van der Waals surface area contributed by atoms with E-state index in [9.17, 15) is 9.59 Å². The molecule has 3 aliphatic heterocycles. The maximum atomic E-state index is 13.0. The highest BCUT2D eigenvalue weighted by molar-refractivity contribution is 6.01. The fourth-order valence-electron chi connectivity index (χ4n) is 6.07. The summed E-state index contributed by atoms with van der Waals surface area (Å²) in [5, 5.41) is 2.80. The van der Waals surface area contributed by atoms with Gasteiger partial charge in [-0.05, 0) is 82.6 Å². The van der Waals surface area contributed by atoms with Crippen molar-refractivity contribution in [3.8, 4) is 5.75 Å². The van der Waals surface area contributed by atoms with Gasteiger partial charge in [0.2, 0.25) is 5.91 Å². The van der Waals surface area contributed by atoms with Gasteiger partial charge in [0, 0.05) is 36.9 Å². The van der Waals surface area contributed by atoms with E-state index in [1.165, 1.54) is 12.8 Å². The van der Waals surface area contributed by atoms with Gasteiger partial charge in [-0.3, -0.25) is 14.5 Å². The number of nitrogens with one attached hydrogen (secondary N) is 1. The number of hydrogen-bond acceptors (Lipinski definition) is 5. The zero-order chi connectivity index (χ0) is 23.8. The average molecular weight is 468 g/mol. The maximum absolute atomic E-state index is 13.0. The average Bonchev–Trinajstić information content (AvgIpc) is 3.38. The number of carbonyl (C=O) groups excluding carboxylic acids is 2. The van der Waals surface area contributed by atoms with E-state index < -0.39 is 6.04 Å². The van der Waals surface area contributed by atoms with E-state index >= 15 is 0 Å². The zero-order valence-electron chi connectivity index (χ0n) is 20.4. The smallest absolute Gasteiger partial charge is 0.255 e. The third-order valence-electron chi connectivity index (χ3n) is 7.72. The summed E-state index contributed by atoms with van der Waals surface area (Å²) < 4.78 is 12.5. The minimum atomic E-state index is -0.434. The number of piperidine rings is 2. The van der Waals surface area contributed by atoms with E-state index in [0.717, 1.165) is 49.4 Å². The molecule has 1 N–H and O–H groups in total. The van der Waals surface area contributed by atoms with Crippen LogP contribution in [0.2, 0.25) is 0 Å². The van der Waals surface area contributed by atoms with Crippen LogP contribution in [0.15, 0.2) is 30.5 Å². The first kappa shape index (κ1) is 23.4. The molecule has 3 fully saturated rings. The second-order valence-electron chi connectivity index (χ2n) is 10.5. The van der Waals surface area contributed by atoms with Crippen molar-refractivity contribution in [3.63, 3.8) is 0 Å². The molecule has 3 heterocycles. The van der Waals surface area contributed by atoms with Gasteiger partial charge in [-0.15, -0.1) is 0 Å². The number of rotatable bonds is 6. The summed E-state index contributed by atoms with van der Waals surface area (Å²) in [5.41, 5.74) is 2.35. The van der Waals surface area contributed by atoms with Crippen LogP contribution < -0.4 is 10.1 Å². The molecular weight excluding hydrogens is 430 g/mol. The van der Waals surface area contributed by atoms with E-state index in [4.69, 9.17) is 9.47 Å². The van der Waals surface area contributed by atoms with E-state index in [2.05, 4.69) is 30.6 Å². The first-order valence-corrected chi connectivity index (χ1v) is 12.9. The number of likely N-dealkylation sites (tertiary alicyclic amines) is 1. The quantitative estimate of drug-likeness (QED) is 0.692. The summed E-state index contributed by atoms with van der Waals surface area (Å²) in [5.74, 6) is 0.620. The molecule has 1 aliphatic carbocycles. The van der Waals surface area contributed by atoms with E-state index in [1.54, 1.807) is 4.90 Å². The standard InChI is InChI=1S/C27H37N3O4/c1-17(2)33-20-11-13-29(14-12-20)23-5-4-6-25(23)34-21-8-9-22-19(15-21)16-30(27(22)32)24-10-7-18(3)28-26(24)31/h8-9,15,17,20,23-25H,3-7,10-14,16H2,1-2H3,(H,28,31)/t23-,24?,25+/m1/s1. The highest BCUT2D eigenvalue weighted by atomic mass is 16.5. The molecule has 3 atom stereocenters. The summed E-state index contributed by atoms with van der Waals surface area (Å²) >= 11 is 0. The SMILES string of the molecule is C=C1CCC(N2Cc3cc(O[C@H]4CCC[C@H]4N4CCC(OC(C)C)CC4)ccc3C2=O)C(=O)N1. The van der Waals surface area contributed by atoms with Crippen molar-refractivity contribution in [1.82, 2.24) is 15.1 Å². The molecule has 0 radical (unpaired) electrons. The molecule has 0 spiro atoms. The Bertz CT molecular complexity index is 953. The molecule has 7 heteroatoms. The molecule has 7 nitrogen and oxygen atoms in total. The number of allylic oxidation sites excluding steroid dienone is 1. The molecule has 2 amide bonds. The molecule has 184 valence electrons. The van der Waals surface area contributed by atoms with E-state index in [0.29, 0.717) is 37.1 Å². The predicted molar refractivity (Wildman–Crippen MR) is 129 cm³/mol. The van der Waals surface area contributed by atoms with Crippen molar-refractivity contribution in [2.45, 2.75) is 95.7 Å². The molecule has 4 aliphatic rings. The van der Waals surface area contributed by atoms with E-state index in [1.807, 2.05) is 18.2 Å². The van der Waals surface area contributed by atoms with Gasteiger partial charge in [-0.1, -0.05) is 6.58 Å². The Morgan fingerprint density at radius 3 is 2.62 bits per heavy atom. The Morgan fingerprint density at radius 2 is 1.88 bits per heavy atom. The molecule has 1 aromatic rings. The van der Waals surface area contributed by atoms with Crippen LogP contribution in [-0.4, -0.2) is 65.1 Å². The second kappa shape index (κ2) is 9.70. The molecule has 1 saturated carbocycles. The summed E-state index contributed by atoms with van der Waals surface area (Å²) in [6.45, 7) is 10.6. The molecule has 1 aromatic carbocycles. The summed E-state index contributed by atoms with van der Waals surface area (Å²) in [6, 6.07) is 5.79. The van der Waals surface area contributed by atoms with Gasteiger partial charge in [0.25, 0.3) is 5.91 Å². The van der Waals surface area contributed by atoms with Crippen molar-refractivity contribution in [2.24, 2.45) is 0 Å². The highest BCUT2D eigenvalue weighted by Gasteiger charge is 2.39. The van der Waals surface area contributed by atoms with Crippen molar-refractivity contribution in [1.29, 1.82) is 0 Å². The lowest BCUT2D eigenvalue weighted by molar-refractivity contribution is -0.126. The number of hydrogen-bond donors (Lipinski definition) is 1. The van der Waals surface area contributed by atoms with Crippen molar-refractivity contribution < 1.29 is 19.1 Å². The largest absolute Gasteiger partial charge is 0.489 e. The Labute approximate surface area is 202 Å². The van der Waals surface area contributed by atoms with Crippen LogP contribution in [0.4, 0.5) is 0 Å². The number of benzene rings is 1. The van der Waals surface area contributed by atoms with Gasteiger partial charge in [0.05, 0.1) is 12.2 Å². The lowest BCUT2D eigenvalue weighted by atomic mass is 10.0. The number of nitrogens with zero attached hydrogens (tertiary/aromatic N) is 2. The molecule has 2 saturated heterocycles. The van der Waals surface area contributed by atoms with Gasteiger partial charge < -0.3 is 19.7 Å². The van der Waals surface area contributed by atoms with E-state index in [-0.39, 0.29) is 24.0 Å². The fourth-order valence-corrected chi connectivity index (χ4v) is 6.07. The van der Waals surface area contributed by atoms with Crippen molar-refractivity contribution in [2.75, 3.05) is 13.1 Å². The molecule has 1 unspecified atom stereocenters. The lowest BCUT2D eigenvalue weighted by Crippen LogP contribution is -2.49. The van der Waals surface area contributed by atoms with Crippen LogP contribution >= 0.6 is 0 Å². The van der Waals surface area contributed by atoms with Gasteiger partial charge >= 0.3 is 0 Å². The maximum Gasteiger partial charge on any atom is 0.255 e. The first-order chi connectivity index (χ1) is 16.4.